The molecule has 7 heteroatoms. The number of rotatable bonds is 6. The Morgan fingerprint density at radius 2 is 1.90 bits per heavy atom. The van der Waals surface area contributed by atoms with Crippen molar-refractivity contribution < 1.29 is 24.1 Å². The lowest BCUT2D eigenvalue weighted by molar-refractivity contribution is 0.0688. The first kappa shape index (κ1) is 13.7. The molecule has 0 saturated heterocycles. The van der Waals surface area contributed by atoms with Gasteiger partial charge in [0.15, 0.2) is 23.9 Å². The molecule has 0 unspecified atom stereocenters. The topological polar surface area (TPSA) is 82.8 Å². The predicted molar refractivity (Wildman–Crippen MR) is 69.4 cm³/mol. The first-order chi connectivity index (χ1) is 9.65. The number of hydrogen-bond donors (Lipinski definition) is 1. The van der Waals surface area contributed by atoms with Gasteiger partial charge in [0, 0.05) is 6.20 Å². The third-order valence-corrected chi connectivity index (χ3v) is 2.58. The predicted octanol–water partition coefficient (Wildman–Crippen LogP) is 1.63. The van der Waals surface area contributed by atoms with Crippen LogP contribution in [0.4, 0.5) is 0 Å². The van der Waals surface area contributed by atoms with E-state index in [0.717, 1.165) is 0 Å². The zero-order chi connectivity index (χ0) is 14.5. The molecule has 20 heavy (non-hydrogen) atoms. The zero-order valence-electron chi connectivity index (χ0n) is 11.1. The Balaban J connectivity index is 2.15. The van der Waals surface area contributed by atoms with Gasteiger partial charge >= 0.3 is 5.97 Å². The minimum atomic E-state index is -1.08. The van der Waals surface area contributed by atoms with Crippen molar-refractivity contribution in [3.05, 3.63) is 36.2 Å². The van der Waals surface area contributed by atoms with Crippen LogP contribution in [-0.2, 0) is 6.73 Å². The third kappa shape index (κ3) is 2.82. The standard InChI is InChI=1S/C13H14N2O5/c1-18-10-4-3-5-11(19-2)12(10)20-8-15-7-6-9(14-15)13(16)17/h3-7H,8H2,1-2H3,(H,16,17). The van der Waals surface area contributed by atoms with E-state index < -0.39 is 5.97 Å². The van der Waals surface area contributed by atoms with Gasteiger partial charge in [0.25, 0.3) is 0 Å². The number of aromatic carboxylic acids is 1. The van der Waals surface area contributed by atoms with Crippen LogP contribution in [0.3, 0.4) is 0 Å². The normalized spacial score (nSPS) is 10.1. The van der Waals surface area contributed by atoms with E-state index in [1.165, 1.54) is 31.2 Å². The van der Waals surface area contributed by atoms with Crippen molar-refractivity contribution >= 4 is 5.97 Å². The van der Waals surface area contributed by atoms with Crippen LogP contribution in [0.2, 0.25) is 0 Å². The molecule has 0 aliphatic rings. The Bertz CT molecular complexity index is 586. The van der Waals surface area contributed by atoms with Gasteiger partial charge in [0.2, 0.25) is 5.75 Å². The Kier molecular flexibility index (Phi) is 4.09. The van der Waals surface area contributed by atoms with Gasteiger partial charge in [0.05, 0.1) is 14.2 Å². The van der Waals surface area contributed by atoms with Gasteiger partial charge in [-0.3, -0.25) is 0 Å². The van der Waals surface area contributed by atoms with E-state index in [1.807, 2.05) is 0 Å². The molecule has 0 bridgehead atoms. The lowest BCUT2D eigenvalue weighted by atomic mass is 10.3. The van der Waals surface area contributed by atoms with Crippen LogP contribution in [0.1, 0.15) is 10.5 Å². The quantitative estimate of drug-likeness (QED) is 0.864. The van der Waals surface area contributed by atoms with E-state index in [4.69, 9.17) is 19.3 Å². The van der Waals surface area contributed by atoms with Gasteiger partial charge in [-0.2, -0.15) is 5.10 Å². The second kappa shape index (κ2) is 5.96. The summed E-state index contributed by atoms with van der Waals surface area (Å²) in [6.45, 7) is 0.0456. The molecule has 106 valence electrons. The first-order valence-corrected chi connectivity index (χ1v) is 5.76. The van der Waals surface area contributed by atoms with Gasteiger partial charge in [-0.25, -0.2) is 9.48 Å². The highest BCUT2D eigenvalue weighted by Crippen LogP contribution is 2.36. The van der Waals surface area contributed by atoms with Crippen molar-refractivity contribution in [3.8, 4) is 17.2 Å². The lowest BCUT2D eigenvalue weighted by Crippen LogP contribution is -2.09. The van der Waals surface area contributed by atoms with E-state index in [9.17, 15) is 4.79 Å². The van der Waals surface area contributed by atoms with Gasteiger partial charge in [-0.05, 0) is 18.2 Å². The highest BCUT2D eigenvalue weighted by molar-refractivity contribution is 5.84. The number of carbonyl (C=O) groups is 1. The number of aromatic nitrogens is 2. The average molecular weight is 278 g/mol. The maximum atomic E-state index is 10.7. The maximum Gasteiger partial charge on any atom is 0.356 e. The smallest absolute Gasteiger partial charge is 0.356 e. The summed E-state index contributed by atoms with van der Waals surface area (Å²) in [5.74, 6) is 0.397. The number of benzene rings is 1. The average Bonchev–Trinajstić information content (AvgIpc) is 2.93. The van der Waals surface area contributed by atoms with Gasteiger partial charge in [-0.15, -0.1) is 0 Å². The molecule has 0 aliphatic carbocycles. The highest BCUT2D eigenvalue weighted by atomic mass is 16.5. The minimum Gasteiger partial charge on any atom is -0.493 e. The highest BCUT2D eigenvalue weighted by Gasteiger charge is 2.12. The van der Waals surface area contributed by atoms with Crippen molar-refractivity contribution in [2.75, 3.05) is 14.2 Å². The van der Waals surface area contributed by atoms with Gasteiger partial charge < -0.3 is 19.3 Å². The Hall–Kier alpha value is -2.70. The molecule has 0 amide bonds. The molecule has 1 aromatic heterocycles. The summed E-state index contributed by atoms with van der Waals surface area (Å²) in [5.41, 5.74) is -0.0411. The number of ether oxygens (including phenoxy) is 3. The minimum absolute atomic E-state index is 0.0411. The molecule has 0 saturated carbocycles. The number of para-hydroxylation sites is 1. The molecular weight excluding hydrogens is 264 g/mol. The molecule has 2 aromatic rings. The summed E-state index contributed by atoms with van der Waals surface area (Å²) in [4.78, 5) is 10.7. The second-order valence-electron chi connectivity index (χ2n) is 3.81. The Morgan fingerprint density at radius 1 is 1.25 bits per heavy atom. The van der Waals surface area contributed by atoms with Crippen molar-refractivity contribution in [1.82, 2.24) is 9.78 Å². The number of nitrogens with zero attached hydrogens (tertiary/aromatic N) is 2. The van der Waals surface area contributed by atoms with Crippen molar-refractivity contribution in [1.29, 1.82) is 0 Å². The van der Waals surface area contributed by atoms with E-state index in [1.54, 1.807) is 18.2 Å². The summed E-state index contributed by atoms with van der Waals surface area (Å²) in [6.07, 6.45) is 1.52. The summed E-state index contributed by atoms with van der Waals surface area (Å²) < 4.78 is 17.3. The molecule has 1 aromatic carbocycles. The van der Waals surface area contributed by atoms with Crippen molar-refractivity contribution in [3.63, 3.8) is 0 Å². The fourth-order valence-corrected chi connectivity index (χ4v) is 1.64. The largest absolute Gasteiger partial charge is 0.493 e. The number of hydrogen-bond acceptors (Lipinski definition) is 5. The third-order valence-electron chi connectivity index (χ3n) is 2.58. The van der Waals surface area contributed by atoms with Crippen LogP contribution in [-0.4, -0.2) is 35.1 Å². The summed E-state index contributed by atoms with van der Waals surface area (Å²) in [6, 6.07) is 6.65. The SMILES string of the molecule is COc1cccc(OC)c1OCn1ccc(C(=O)O)n1. The van der Waals surface area contributed by atoms with Crippen molar-refractivity contribution in [2.24, 2.45) is 0 Å². The fraction of sp³-hybridized carbons (Fsp3) is 0.231. The molecule has 1 heterocycles. The molecule has 0 spiro atoms. The molecule has 7 nitrogen and oxygen atoms in total. The van der Waals surface area contributed by atoms with Crippen LogP contribution in [0, 0.1) is 0 Å². The molecule has 0 aliphatic heterocycles. The van der Waals surface area contributed by atoms with Crippen molar-refractivity contribution in [2.45, 2.75) is 6.73 Å². The zero-order valence-corrected chi connectivity index (χ0v) is 11.1. The molecular formula is C13H14N2O5. The maximum absolute atomic E-state index is 10.7. The molecule has 0 radical (unpaired) electrons. The van der Waals surface area contributed by atoms with Crippen LogP contribution >= 0.6 is 0 Å². The number of methoxy groups -OCH3 is 2. The van der Waals surface area contributed by atoms with Crippen LogP contribution < -0.4 is 14.2 Å². The first-order valence-electron chi connectivity index (χ1n) is 5.76. The number of carboxylic acids is 1. The fourth-order valence-electron chi connectivity index (χ4n) is 1.64. The van der Waals surface area contributed by atoms with E-state index in [2.05, 4.69) is 5.10 Å². The second-order valence-corrected chi connectivity index (χ2v) is 3.81. The molecule has 1 N–H and O–H groups in total. The Labute approximate surface area is 115 Å². The van der Waals surface area contributed by atoms with Crippen LogP contribution in [0.15, 0.2) is 30.5 Å². The van der Waals surface area contributed by atoms with E-state index >= 15 is 0 Å². The molecule has 2 rings (SSSR count). The monoisotopic (exact) mass is 278 g/mol. The van der Waals surface area contributed by atoms with Crippen LogP contribution in [0.5, 0.6) is 17.2 Å². The molecule has 0 atom stereocenters. The van der Waals surface area contributed by atoms with Gasteiger partial charge in [-0.1, -0.05) is 6.07 Å². The Morgan fingerprint density at radius 3 is 2.40 bits per heavy atom. The summed E-state index contributed by atoms with van der Waals surface area (Å²) >= 11 is 0. The number of carboxylic acid groups (broad SMARTS) is 1. The lowest BCUT2D eigenvalue weighted by Gasteiger charge is -2.13. The van der Waals surface area contributed by atoms with Crippen LogP contribution in [0.25, 0.3) is 0 Å². The van der Waals surface area contributed by atoms with E-state index in [0.29, 0.717) is 17.2 Å². The van der Waals surface area contributed by atoms with E-state index in [-0.39, 0.29) is 12.4 Å². The summed E-state index contributed by atoms with van der Waals surface area (Å²) in [7, 11) is 3.05. The van der Waals surface area contributed by atoms with Gasteiger partial charge in [0.1, 0.15) is 0 Å². The summed E-state index contributed by atoms with van der Waals surface area (Å²) in [5, 5.41) is 12.6. The molecule has 0 fully saturated rings.